The summed E-state index contributed by atoms with van der Waals surface area (Å²) in [7, 11) is 0. The molecular formula is C17H20ClNO. The summed E-state index contributed by atoms with van der Waals surface area (Å²) in [4.78, 5) is 0. The van der Waals surface area contributed by atoms with E-state index in [9.17, 15) is 5.11 Å². The van der Waals surface area contributed by atoms with Crippen LogP contribution in [0.3, 0.4) is 0 Å². The molecule has 106 valence electrons. The summed E-state index contributed by atoms with van der Waals surface area (Å²) in [6, 6.07) is 13.8. The lowest BCUT2D eigenvalue weighted by Crippen LogP contribution is -2.10. The second-order valence-electron chi connectivity index (χ2n) is 5.04. The lowest BCUT2D eigenvalue weighted by molar-refractivity contribution is 0.471. The maximum absolute atomic E-state index is 9.79. The minimum atomic E-state index is 0.222. The summed E-state index contributed by atoms with van der Waals surface area (Å²) in [6.45, 7) is 4.05. The average Bonchev–Trinajstić information content (AvgIpc) is 2.43. The van der Waals surface area contributed by atoms with E-state index in [1.54, 1.807) is 6.07 Å². The number of anilines is 1. The van der Waals surface area contributed by atoms with Crippen LogP contribution in [0.25, 0.3) is 0 Å². The molecule has 2 aromatic rings. The molecule has 3 heteroatoms. The van der Waals surface area contributed by atoms with Crippen molar-refractivity contribution in [1.29, 1.82) is 0 Å². The van der Waals surface area contributed by atoms with Crippen molar-refractivity contribution in [3.05, 3.63) is 58.6 Å². The first-order chi connectivity index (χ1) is 9.60. The molecule has 0 amide bonds. The molecule has 0 aromatic heterocycles. The van der Waals surface area contributed by atoms with Crippen LogP contribution in [0.1, 0.15) is 36.9 Å². The topological polar surface area (TPSA) is 32.3 Å². The predicted octanol–water partition coefficient (Wildman–Crippen LogP) is 5.31. The van der Waals surface area contributed by atoms with Gasteiger partial charge >= 0.3 is 0 Å². The van der Waals surface area contributed by atoms with E-state index in [1.807, 2.05) is 43.3 Å². The highest BCUT2D eigenvalue weighted by molar-refractivity contribution is 6.30. The summed E-state index contributed by atoms with van der Waals surface area (Å²) in [6.07, 6.45) is 2.11. The third-order valence-electron chi connectivity index (χ3n) is 3.40. The fraction of sp³-hybridized carbons (Fsp3) is 0.294. The Morgan fingerprint density at radius 3 is 2.45 bits per heavy atom. The van der Waals surface area contributed by atoms with Gasteiger partial charge in [-0.2, -0.15) is 0 Å². The van der Waals surface area contributed by atoms with E-state index < -0.39 is 0 Å². The number of halogens is 1. The molecule has 1 unspecified atom stereocenters. The number of hydrogen-bond donors (Lipinski definition) is 2. The zero-order valence-corrected chi connectivity index (χ0v) is 12.6. The fourth-order valence-corrected chi connectivity index (χ4v) is 2.33. The van der Waals surface area contributed by atoms with Crippen molar-refractivity contribution in [3.63, 3.8) is 0 Å². The van der Waals surface area contributed by atoms with Gasteiger partial charge in [-0.25, -0.2) is 0 Å². The molecule has 0 radical (unpaired) electrons. The third kappa shape index (κ3) is 3.67. The minimum Gasteiger partial charge on any atom is -0.508 e. The lowest BCUT2D eigenvalue weighted by atomic mass is 10.0. The van der Waals surface area contributed by atoms with Crippen molar-refractivity contribution in [1.82, 2.24) is 0 Å². The standard InChI is InChI=1S/C17H20ClNO/c1-3-4-16(13-6-8-14(18)9-7-13)19-15-10-5-12(2)17(20)11-15/h5-11,16,19-20H,3-4H2,1-2H3. The van der Waals surface area contributed by atoms with E-state index in [-0.39, 0.29) is 6.04 Å². The van der Waals surface area contributed by atoms with E-state index in [0.29, 0.717) is 5.75 Å². The van der Waals surface area contributed by atoms with Crippen LogP contribution in [0.5, 0.6) is 5.75 Å². The fourth-order valence-electron chi connectivity index (χ4n) is 2.21. The molecule has 0 bridgehead atoms. The quantitative estimate of drug-likeness (QED) is 0.782. The van der Waals surface area contributed by atoms with Crippen molar-refractivity contribution >= 4 is 17.3 Å². The van der Waals surface area contributed by atoms with E-state index in [1.165, 1.54) is 5.56 Å². The second kappa shape index (κ2) is 6.67. The van der Waals surface area contributed by atoms with Crippen LogP contribution >= 0.6 is 11.6 Å². The molecule has 0 fully saturated rings. The summed E-state index contributed by atoms with van der Waals surface area (Å²) in [5.41, 5.74) is 3.02. The lowest BCUT2D eigenvalue weighted by Gasteiger charge is -2.20. The van der Waals surface area contributed by atoms with Gasteiger partial charge in [-0.05, 0) is 42.7 Å². The third-order valence-corrected chi connectivity index (χ3v) is 3.65. The van der Waals surface area contributed by atoms with Crippen molar-refractivity contribution in [3.8, 4) is 5.75 Å². The number of phenolic OH excluding ortho intramolecular Hbond substituents is 1. The Morgan fingerprint density at radius 2 is 1.85 bits per heavy atom. The molecule has 0 aliphatic heterocycles. The molecule has 0 aliphatic rings. The number of phenols is 1. The SMILES string of the molecule is CCCC(Nc1ccc(C)c(O)c1)c1ccc(Cl)cc1. The first-order valence-electron chi connectivity index (χ1n) is 6.91. The molecule has 0 saturated carbocycles. The molecule has 20 heavy (non-hydrogen) atoms. The highest BCUT2D eigenvalue weighted by Gasteiger charge is 2.11. The molecule has 2 aromatic carbocycles. The van der Waals surface area contributed by atoms with Gasteiger partial charge in [-0.3, -0.25) is 0 Å². The highest BCUT2D eigenvalue weighted by Crippen LogP contribution is 2.28. The first kappa shape index (κ1) is 14.7. The van der Waals surface area contributed by atoms with Gasteiger partial charge in [-0.1, -0.05) is 43.1 Å². The van der Waals surface area contributed by atoms with E-state index in [0.717, 1.165) is 29.1 Å². The molecule has 2 N–H and O–H groups in total. The molecule has 0 heterocycles. The van der Waals surface area contributed by atoms with Gasteiger partial charge in [0, 0.05) is 16.8 Å². The smallest absolute Gasteiger partial charge is 0.120 e. The van der Waals surface area contributed by atoms with E-state index in [2.05, 4.69) is 12.2 Å². The van der Waals surface area contributed by atoms with Gasteiger partial charge in [0.05, 0.1) is 6.04 Å². The Bertz CT molecular complexity index is 566. The Balaban J connectivity index is 2.20. The number of aromatic hydroxyl groups is 1. The maximum Gasteiger partial charge on any atom is 0.120 e. The number of rotatable bonds is 5. The van der Waals surface area contributed by atoms with Gasteiger partial charge in [0.15, 0.2) is 0 Å². The molecular weight excluding hydrogens is 270 g/mol. The van der Waals surface area contributed by atoms with Crippen molar-refractivity contribution < 1.29 is 5.11 Å². The van der Waals surface area contributed by atoms with Crippen LogP contribution in [0, 0.1) is 6.92 Å². The van der Waals surface area contributed by atoms with Crippen molar-refractivity contribution in [2.24, 2.45) is 0 Å². The number of hydrogen-bond acceptors (Lipinski definition) is 2. The molecule has 0 saturated heterocycles. The average molecular weight is 290 g/mol. The summed E-state index contributed by atoms with van der Waals surface area (Å²) < 4.78 is 0. The summed E-state index contributed by atoms with van der Waals surface area (Å²) in [5, 5.41) is 14.0. The van der Waals surface area contributed by atoms with Gasteiger partial charge in [0.25, 0.3) is 0 Å². The summed E-state index contributed by atoms with van der Waals surface area (Å²) in [5.74, 6) is 0.321. The zero-order chi connectivity index (χ0) is 14.5. The summed E-state index contributed by atoms with van der Waals surface area (Å²) >= 11 is 5.94. The highest BCUT2D eigenvalue weighted by atomic mass is 35.5. The van der Waals surface area contributed by atoms with Crippen molar-refractivity contribution in [2.45, 2.75) is 32.7 Å². The van der Waals surface area contributed by atoms with Crippen LogP contribution < -0.4 is 5.32 Å². The molecule has 0 aliphatic carbocycles. The second-order valence-corrected chi connectivity index (χ2v) is 5.47. The van der Waals surface area contributed by atoms with Crippen LogP contribution in [0.4, 0.5) is 5.69 Å². The number of benzene rings is 2. The molecule has 2 nitrogen and oxygen atoms in total. The van der Waals surface area contributed by atoms with Gasteiger partial charge in [0.1, 0.15) is 5.75 Å². The Kier molecular flexibility index (Phi) is 4.91. The molecule has 1 atom stereocenters. The molecule has 0 spiro atoms. The van der Waals surface area contributed by atoms with Crippen LogP contribution in [-0.4, -0.2) is 5.11 Å². The first-order valence-corrected chi connectivity index (χ1v) is 7.29. The largest absolute Gasteiger partial charge is 0.508 e. The monoisotopic (exact) mass is 289 g/mol. The molecule has 2 rings (SSSR count). The van der Waals surface area contributed by atoms with Crippen LogP contribution in [-0.2, 0) is 0 Å². The van der Waals surface area contributed by atoms with E-state index >= 15 is 0 Å². The maximum atomic E-state index is 9.79. The predicted molar refractivity (Wildman–Crippen MR) is 85.6 cm³/mol. The Morgan fingerprint density at radius 1 is 1.15 bits per heavy atom. The van der Waals surface area contributed by atoms with Gasteiger partial charge in [-0.15, -0.1) is 0 Å². The van der Waals surface area contributed by atoms with Gasteiger partial charge < -0.3 is 10.4 Å². The van der Waals surface area contributed by atoms with E-state index in [4.69, 9.17) is 11.6 Å². The normalized spacial score (nSPS) is 12.2. The van der Waals surface area contributed by atoms with Crippen molar-refractivity contribution in [2.75, 3.05) is 5.32 Å². The zero-order valence-electron chi connectivity index (χ0n) is 11.9. The van der Waals surface area contributed by atoms with Gasteiger partial charge in [0.2, 0.25) is 0 Å². The minimum absolute atomic E-state index is 0.222. The number of nitrogens with one attached hydrogen (secondary N) is 1. The van der Waals surface area contributed by atoms with Crippen LogP contribution in [0.15, 0.2) is 42.5 Å². The number of aryl methyl sites for hydroxylation is 1. The Labute approximate surface area is 125 Å². The Hall–Kier alpha value is -1.67. The van der Waals surface area contributed by atoms with Crippen LogP contribution in [0.2, 0.25) is 5.02 Å².